The van der Waals surface area contributed by atoms with E-state index in [-0.39, 0.29) is 18.1 Å². The smallest absolute Gasteiger partial charge is 0.0806 e. The van der Waals surface area contributed by atoms with Crippen LogP contribution in [-0.4, -0.2) is 0 Å². The molecule has 0 spiro atoms. The van der Waals surface area contributed by atoms with E-state index in [0.717, 1.165) is 0 Å². The van der Waals surface area contributed by atoms with Crippen molar-refractivity contribution in [3.05, 3.63) is 214 Å². The zero-order valence-electron chi connectivity index (χ0n) is 29.3. The molecule has 0 amide bonds. The first-order valence-electron chi connectivity index (χ1n) is 18.2. The second kappa shape index (κ2) is 11.4. The van der Waals surface area contributed by atoms with Gasteiger partial charge in [-0.25, -0.2) is 0 Å². The molecule has 9 rings (SSSR count). The molecule has 0 saturated heterocycles. The third-order valence-electron chi connectivity index (χ3n) is 12.7. The number of rotatable bonds is 9. The highest BCUT2D eigenvalue weighted by Crippen LogP contribution is 2.80. The molecule has 0 unspecified atom stereocenters. The Labute approximate surface area is 296 Å². The lowest BCUT2D eigenvalue weighted by Crippen LogP contribution is -2.67. The molecule has 0 aliphatic heterocycles. The van der Waals surface area contributed by atoms with E-state index >= 15 is 0 Å². The lowest BCUT2D eigenvalue weighted by molar-refractivity contribution is 0.00282. The van der Waals surface area contributed by atoms with Gasteiger partial charge in [0.05, 0.1) is 16.6 Å². The van der Waals surface area contributed by atoms with Gasteiger partial charge >= 0.3 is 0 Å². The van der Waals surface area contributed by atoms with E-state index < -0.39 is 22.0 Å². The molecule has 0 radical (unpaired) electrons. The van der Waals surface area contributed by atoms with Crippen molar-refractivity contribution in [2.45, 2.75) is 62.4 Å². The highest BCUT2D eigenvalue weighted by atomic mass is 15.2. The summed E-state index contributed by atoms with van der Waals surface area (Å²) < 4.78 is 0. The van der Waals surface area contributed by atoms with Crippen LogP contribution in [0.15, 0.2) is 164 Å². The Balaban J connectivity index is 1.40. The largest absolute Gasteiger partial charge is 0.296 e. The van der Waals surface area contributed by atoms with Crippen molar-refractivity contribution in [3.63, 3.8) is 0 Å². The monoisotopic (exact) mass is 651 g/mol. The minimum absolute atomic E-state index is 0.0718. The van der Waals surface area contributed by atoms with Gasteiger partial charge in [-0.2, -0.15) is 0 Å². The molecule has 6 aromatic carbocycles. The van der Waals surface area contributed by atoms with Crippen LogP contribution in [0.25, 0.3) is 0 Å². The maximum absolute atomic E-state index is 4.45. The summed E-state index contributed by atoms with van der Waals surface area (Å²) in [5.74, 6) is 0. The van der Waals surface area contributed by atoms with Crippen molar-refractivity contribution in [2.24, 2.45) is 5.41 Å². The molecular formula is C47H45N3. The van der Waals surface area contributed by atoms with Crippen molar-refractivity contribution in [1.29, 1.82) is 0 Å². The third-order valence-corrected chi connectivity index (χ3v) is 12.7. The van der Waals surface area contributed by atoms with E-state index in [1.54, 1.807) is 0 Å². The minimum atomic E-state index is -0.568. The highest BCUT2D eigenvalue weighted by Gasteiger charge is 2.84. The second-order valence-electron chi connectivity index (χ2n) is 14.8. The number of benzene rings is 6. The first-order valence-corrected chi connectivity index (χ1v) is 18.2. The van der Waals surface area contributed by atoms with Crippen LogP contribution in [0.2, 0.25) is 0 Å². The molecule has 3 atom stereocenters. The van der Waals surface area contributed by atoms with Gasteiger partial charge in [0, 0.05) is 23.5 Å². The van der Waals surface area contributed by atoms with E-state index in [9.17, 15) is 0 Å². The summed E-state index contributed by atoms with van der Waals surface area (Å²) in [5, 5.41) is 13.4. The summed E-state index contributed by atoms with van der Waals surface area (Å²) in [5.41, 5.74) is 9.70. The van der Waals surface area contributed by atoms with Gasteiger partial charge in [-0.15, -0.1) is 0 Å². The number of hydrogen-bond acceptors (Lipinski definition) is 3. The molecule has 50 heavy (non-hydrogen) atoms. The van der Waals surface area contributed by atoms with Gasteiger partial charge < -0.3 is 0 Å². The average molecular weight is 652 g/mol. The Hall–Kier alpha value is -4.80. The van der Waals surface area contributed by atoms with E-state index in [4.69, 9.17) is 0 Å². The number of fused-ring (bicyclic) bond motifs is 9. The molecule has 0 fully saturated rings. The zero-order chi connectivity index (χ0) is 34.1. The lowest BCUT2D eigenvalue weighted by Gasteiger charge is -2.55. The maximum atomic E-state index is 4.45. The number of nitrogens with one attached hydrogen (secondary N) is 3. The van der Waals surface area contributed by atoms with Crippen LogP contribution in [0.3, 0.4) is 0 Å². The fourth-order valence-corrected chi connectivity index (χ4v) is 10.7. The molecule has 248 valence electrons. The Bertz CT molecular complexity index is 1860. The standard InChI is InChI=1S/C47H45N3/c1-32(35-20-8-5-9-21-35)48-45-38-26-14-16-28-40(38)46(49-33(2)36-22-10-6-11-23-36)42-30-18-19-31-43(42)47(44(45,46)4,41-29-17-15-27-39(41)45)50-34(3)37-24-12-7-13-25-37/h5-34,48-50H,1-4H3/t32-,33-,34-,44?,45?,46?,47?/m0/s1. The Kier molecular flexibility index (Phi) is 7.09. The molecule has 0 aromatic heterocycles. The van der Waals surface area contributed by atoms with Crippen molar-refractivity contribution in [1.82, 2.24) is 16.0 Å². The molecule has 3 aliphatic rings. The fraction of sp³-hybridized carbons (Fsp3) is 0.234. The van der Waals surface area contributed by atoms with E-state index in [1.165, 1.54) is 50.1 Å². The Morgan fingerprint density at radius 1 is 0.320 bits per heavy atom. The molecule has 3 heteroatoms. The Morgan fingerprint density at radius 3 is 0.740 bits per heavy atom. The minimum Gasteiger partial charge on any atom is -0.296 e. The fourth-order valence-electron chi connectivity index (χ4n) is 10.7. The lowest BCUT2D eigenvalue weighted by atomic mass is 9.58. The summed E-state index contributed by atoms with van der Waals surface area (Å²) in [7, 11) is 0. The predicted molar refractivity (Wildman–Crippen MR) is 204 cm³/mol. The zero-order valence-corrected chi connectivity index (χ0v) is 29.3. The predicted octanol–water partition coefficient (Wildman–Crippen LogP) is 9.82. The topological polar surface area (TPSA) is 36.1 Å². The van der Waals surface area contributed by atoms with Gasteiger partial charge in [-0.1, -0.05) is 171 Å². The van der Waals surface area contributed by atoms with Gasteiger partial charge in [0.25, 0.3) is 0 Å². The van der Waals surface area contributed by atoms with Gasteiger partial charge in [0.2, 0.25) is 0 Å². The first-order chi connectivity index (χ1) is 24.4. The molecule has 0 saturated carbocycles. The maximum Gasteiger partial charge on any atom is 0.0806 e. The summed E-state index contributed by atoms with van der Waals surface area (Å²) in [6.45, 7) is 9.58. The summed E-state index contributed by atoms with van der Waals surface area (Å²) >= 11 is 0. The third kappa shape index (κ3) is 3.80. The molecule has 3 aliphatic carbocycles. The van der Waals surface area contributed by atoms with Crippen molar-refractivity contribution < 1.29 is 0 Å². The molecule has 3 nitrogen and oxygen atoms in total. The van der Waals surface area contributed by atoms with Crippen LogP contribution >= 0.6 is 0 Å². The second-order valence-corrected chi connectivity index (χ2v) is 14.8. The quantitative estimate of drug-likeness (QED) is 0.146. The molecule has 0 bridgehead atoms. The molecule has 6 aromatic rings. The summed E-state index contributed by atoms with van der Waals surface area (Å²) in [4.78, 5) is 0. The van der Waals surface area contributed by atoms with Gasteiger partial charge in [0.15, 0.2) is 0 Å². The van der Waals surface area contributed by atoms with Gasteiger partial charge in [-0.3, -0.25) is 16.0 Å². The van der Waals surface area contributed by atoms with E-state index in [2.05, 4.69) is 207 Å². The molecule has 0 heterocycles. The van der Waals surface area contributed by atoms with Crippen LogP contribution < -0.4 is 16.0 Å². The van der Waals surface area contributed by atoms with Crippen molar-refractivity contribution >= 4 is 0 Å². The highest BCUT2D eigenvalue weighted by molar-refractivity contribution is 5.76. The van der Waals surface area contributed by atoms with Gasteiger partial charge in [0.1, 0.15) is 0 Å². The van der Waals surface area contributed by atoms with Crippen LogP contribution in [0.1, 0.15) is 95.9 Å². The van der Waals surface area contributed by atoms with E-state index in [0.29, 0.717) is 0 Å². The van der Waals surface area contributed by atoms with Crippen LogP contribution in [0.5, 0.6) is 0 Å². The van der Waals surface area contributed by atoms with Gasteiger partial charge in [-0.05, 0) is 70.8 Å². The average Bonchev–Trinajstić information content (AvgIpc) is 3.58. The normalized spacial score (nSPS) is 27.1. The molecular weight excluding hydrogens is 607 g/mol. The van der Waals surface area contributed by atoms with Crippen LogP contribution in [-0.2, 0) is 16.6 Å². The van der Waals surface area contributed by atoms with E-state index in [1.807, 2.05) is 0 Å². The SMILES string of the molecule is C[C@H](NC12c3ccccc3C3(N[C@@H](C)c4ccccc4)c4ccccc4C(N[C@@H](C)c4ccccc4)(c4ccccc41)C23C)c1ccccc1. The van der Waals surface area contributed by atoms with Crippen molar-refractivity contribution in [3.8, 4) is 0 Å². The Morgan fingerprint density at radius 2 is 0.520 bits per heavy atom. The first kappa shape index (κ1) is 31.2. The van der Waals surface area contributed by atoms with Crippen LogP contribution in [0, 0.1) is 5.41 Å². The molecule has 3 N–H and O–H groups in total. The number of hydrogen-bond donors (Lipinski definition) is 3. The van der Waals surface area contributed by atoms with Crippen molar-refractivity contribution in [2.75, 3.05) is 0 Å². The summed E-state index contributed by atoms with van der Waals surface area (Å²) in [6, 6.07) is 60.9. The summed E-state index contributed by atoms with van der Waals surface area (Å²) in [6.07, 6.45) is 0. The van der Waals surface area contributed by atoms with Crippen LogP contribution in [0.4, 0.5) is 0 Å².